The molecule has 0 saturated heterocycles. The van der Waals surface area contributed by atoms with Gasteiger partial charge in [0.15, 0.2) is 0 Å². The van der Waals surface area contributed by atoms with Crippen LogP contribution in [0.2, 0.25) is 0 Å². The van der Waals surface area contributed by atoms with E-state index in [4.69, 9.17) is 9.84 Å². The maximum absolute atomic E-state index is 12.1. The van der Waals surface area contributed by atoms with E-state index >= 15 is 0 Å². The van der Waals surface area contributed by atoms with Crippen molar-refractivity contribution in [1.82, 2.24) is 5.32 Å². The molecule has 0 radical (unpaired) electrons. The third-order valence-corrected chi connectivity index (χ3v) is 5.26. The van der Waals surface area contributed by atoms with Crippen molar-refractivity contribution < 1.29 is 14.6 Å². The quantitative estimate of drug-likeness (QED) is 0.397. The summed E-state index contributed by atoms with van der Waals surface area (Å²) in [5.41, 5.74) is 4.91. The summed E-state index contributed by atoms with van der Waals surface area (Å²) in [5.74, 6) is 0.358. The van der Waals surface area contributed by atoms with Crippen LogP contribution in [-0.4, -0.2) is 24.4 Å². The number of nitrogens with one attached hydrogen (secondary N) is 1. The second-order valence-electron chi connectivity index (χ2n) is 7.34. The zero-order chi connectivity index (χ0) is 19.8. The van der Waals surface area contributed by atoms with Crippen LogP contribution in [0.1, 0.15) is 55.6 Å². The lowest BCUT2D eigenvalue weighted by atomic mass is 9.98. The maximum Gasteiger partial charge on any atom is 0.407 e. The molecule has 2 aromatic rings. The van der Waals surface area contributed by atoms with Crippen molar-refractivity contribution in [2.75, 3.05) is 13.2 Å². The first kappa shape index (κ1) is 20.0. The van der Waals surface area contributed by atoms with Crippen molar-refractivity contribution in [2.24, 2.45) is 0 Å². The average Bonchev–Trinajstić information content (AvgIpc) is 3.02. The topological polar surface area (TPSA) is 58.6 Å². The Morgan fingerprint density at radius 2 is 1.50 bits per heavy atom. The van der Waals surface area contributed by atoms with Crippen LogP contribution >= 0.6 is 0 Å². The lowest BCUT2D eigenvalue weighted by molar-refractivity contribution is 0.143. The van der Waals surface area contributed by atoms with Crippen LogP contribution < -0.4 is 5.32 Å². The number of hydrogen-bond acceptors (Lipinski definition) is 3. The van der Waals surface area contributed by atoms with E-state index in [-0.39, 0.29) is 17.8 Å². The van der Waals surface area contributed by atoms with Gasteiger partial charge in [0.2, 0.25) is 0 Å². The fourth-order valence-electron chi connectivity index (χ4n) is 3.82. The van der Waals surface area contributed by atoms with Crippen molar-refractivity contribution in [3.05, 3.63) is 72.0 Å². The Bertz CT molecular complexity index is 770. The molecule has 1 aliphatic carbocycles. The van der Waals surface area contributed by atoms with Crippen molar-refractivity contribution >= 4 is 6.09 Å². The van der Waals surface area contributed by atoms with E-state index < -0.39 is 0 Å². The molecule has 0 unspecified atom stereocenters. The van der Waals surface area contributed by atoms with Crippen LogP contribution in [0.25, 0.3) is 11.1 Å². The molecule has 0 aliphatic heterocycles. The van der Waals surface area contributed by atoms with E-state index in [1.165, 1.54) is 22.3 Å². The van der Waals surface area contributed by atoms with E-state index in [0.29, 0.717) is 19.6 Å². The van der Waals surface area contributed by atoms with Crippen molar-refractivity contribution in [3.8, 4) is 11.1 Å². The van der Waals surface area contributed by atoms with E-state index in [0.717, 1.165) is 32.1 Å². The Labute approximate surface area is 167 Å². The van der Waals surface area contributed by atoms with Crippen LogP contribution in [0.4, 0.5) is 4.79 Å². The standard InChI is InChI=1S/C24H29NO3/c1-18(26)11-5-3-2-4-10-16-25-24(27)28-17-23-21-14-8-6-12-19(21)20-13-7-9-15-22(20)23/h6-9,12-15,23,26H,1-5,10-11,16-17H2,(H,25,27). The first-order valence-electron chi connectivity index (χ1n) is 10.1. The number of carbonyl (C=O) groups excluding carboxylic acids is 1. The minimum Gasteiger partial charge on any atom is -0.513 e. The molecule has 0 spiro atoms. The average molecular weight is 380 g/mol. The van der Waals surface area contributed by atoms with Gasteiger partial charge in [0.1, 0.15) is 6.61 Å². The largest absolute Gasteiger partial charge is 0.513 e. The number of aliphatic hydroxyl groups excluding tert-OH is 1. The Kier molecular flexibility index (Phi) is 7.12. The molecule has 1 aliphatic rings. The molecule has 2 aromatic carbocycles. The Morgan fingerprint density at radius 3 is 2.14 bits per heavy atom. The predicted octanol–water partition coefficient (Wildman–Crippen LogP) is 5.94. The number of ether oxygens (including phenoxy) is 1. The summed E-state index contributed by atoms with van der Waals surface area (Å²) in [5, 5.41) is 11.9. The van der Waals surface area contributed by atoms with E-state index in [2.05, 4.69) is 36.2 Å². The number of alkyl carbamates (subject to hydrolysis) is 1. The normalized spacial score (nSPS) is 12.3. The molecular formula is C24H29NO3. The highest BCUT2D eigenvalue weighted by molar-refractivity contribution is 5.79. The van der Waals surface area contributed by atoms with Crippen LogP contribution in [-0.2, 0) is 4.74 Å². The van der Waals surface area contributed by atoms with Crippen LogP contribution in [0.3, 0.4) is 0 Å². The molecule has 0 saturated carbocycles. The predicted molar refractivity (Wildman–Crippen MR) is 113 cm³/mol. The Morgan fingerprint density at radius 1 is 0.929 bits per heavy atom. The van der Waals surface area contributed by atoms with Gasteiger partial charge in [0, 0.05) is 18.9 Å². The number of allylic oxidation sites excluding steroid dienone is 1. The monoisotopic (exact) mass is 379 g/mol. The molecule has 1 amide bonds. The lowest BCUT2D eigenvalue weighted by Crippen LogP contribution is -2.27. The first-order chi connectivity index (χ1) is 13.7. The molecule has 4 heteroatoms. The second-order valence-corrected chi connectivity index (χ2v) is 7.34. The zero-order valence-electron chi connectivity index (χ0n) is 16.3. The summed E-state index contributed by atoms with van der Waals surface area (Å²) in [6.45, 7) is 4.47. The van der Waals surface area contributed by atoms with Gasteiger partial charge in [-0.15, -0.1) is 0 Å². The maximum atomic E-state index is 12.1. The minimum atomic E-state index is -0.349. The highest BCUT2D eigenvalue weighted by Gasteiger charge is 2.28. The molecule has 4 nitrogen and oxygen atoms in total. The molecule has 2 N–H and O–H groups in total. The zero-order valence-corrected chi connectivity index (χ0v) is 16.3. The third kappa shape index (κ3) is 5.16. The molecule has 148 valence electrons. The SMILES string of the molecule is C=C(O)CCCCCCCNC(=O)OCC1c2ccccc2-c2ccccc21. The number of unbranched alkanes of at least 4 members (excludes halogenated alkanes) is 4. The van der Waals surface area contributed by atoms with Gasteiger partial charge in [-0.3, -0.25) is 0 Å². The summed E-state index contributed by atoms with van der Waals surface area (Å²) < 4.78 is 5.52. The van der Waals surface area contributed by atoms with Crippen LogP contribution in [0.5, 0.6) is 0 Å². The van der Waals surface area contributed by atoms with Crippen molar-refractivity contribution in [1.29, 1.82) is 0 Å². The number of carbonyl (C=O) groups is 1. The lowest BCUT2D eigenvalue weighted by Gasteiger charge is -2.14. The molecule has 0 aromatic heterocycles. The van der Waals surface area contributed by atoms with Gasteiger partial charge in [0.05, 0.1) is 5.76 Å². The highest BCUT2D eigenvalue weighted by Crippen LogP contribution is 2.44. The number of fused-ring (bicyclic) bond motifs is 3. The van der Waals surface area contributed by atoms with Gasteiger partial charge >= 0.3 is 6.09 Å². The molecule has 0 bridgehead atoms. The summed E-state index contributed by atoms with van der Waals surface area (Å²) in [6.07, 6.45) is 5.46. The summed E-state index contributed by atoms with van der Waals surface area (Å²) >= 11 is 0. The molecule has 28 heavy (non-hydrogen) atoms. The van der Waals surface area contributed by atoms with Gasteiger partial charge < -0.3 is 15.2 Å². The van der Waals surface area contributed by atoms with Gasteiger partial charge in [0.25, 0.3) is 0 Å². The van der Waals surface area contributed by atoms with Gasteiger partial charge in [-0.2, -0.15) is 0 Å². The van der Waals surface area contributed by atoms with Gasteiger partial charge in [-0.05, 0) is 35.1 Å². The number of rotatable bonds is 10. The number of hydrogen-bond donors (Lipinski definition) is 2. The van der Waals surface area contributed by atoms with Crippen LogP contribution in [0, 0.1) is 0 Å². The summed E-state index contributed by atoms with van der Waals surface area (Å²) in [7, 11) is 0. The molecule has 3 rings (SSSR count). The summed E-state index contributed by atoms with van der Waals surface area (Å²) in [4.78, 5) is 12.1. The van der Waals surface area contributed by atoms with E-state index in [9.17, 15) is 4.79 Å². The first-order valence-corrected chi connectivity index (χ1v) is 10.1. The number of amides is 1. The molecule has 0 heterocycles. The Hall–Kier alpha value is -2.75. The fraction of sp³-hybridized carbons (Fsp3) is 0.375. The van der Waals surface area contributed by atoms with Crippen LogP contribution in [0.15, 0.2) is 60.9 Å². The molecule has 0 fully saturated rings. The Balaban J connectivity index is 1.39. The third-order valence-electron chi connectivity index (χ3n) is 5.26. The van der Waals surface area contributed by atoms with Crippen molar-refractivity contribution in [3.63, 3.8) is 0 Å². The number of aliphatic hydroxyl groups is 1. The van der Waals surface area contributed by atoms with Crippen molar-refractivity contribution in [2.45, 2.75) is 44.4 Å². The van der Waals surface area contributed by atoms with Gasteiger partial charge in [-0.25, -0.2) is 4.79 Å². The minimum absolute atomic E-state index is 0.0967. The highest BCUT2D eigenvalue weighted by atomic mass is 16.5. The molecule has 0 atom stereocenters. The fourth-order valence-corrected chi connectivity index (χ4v) is 3.82. The van der Waals surface area contributed by atoms with Gasteiger partial charge in [-0.1, -0.05) is 74.4 Å². The van der Waals surface area contributed by atoms with E-state index in [1.54, 1.807) is 0 Å². The molecular weight excluding hydrogens is 350 g/mol. The smallest absolute Gasteiger partial charge is 0.407 e. The second kappa shape index (κ2) is 9.98. The summed E-state index contributed by atoms with van der Waals surface area (Å²) in [6, 6.07) is 16.7. The van der Waals surface area contributed by atoms with E-state index in [1.807, 2.05) is 24.3 Å². The number of benzene rings is 2.